The Morgan fingerprint density at radius 1 is 1.21 bits per heavy atom. The Balaban J connectivity index is 2.61. The molecule has 0 heterocycles. The van der Waals surface area contributed by atoms with Crippen LogP contribution in [0, 0.1) is 3.57 Å². The van der Waals surface area contributed by atoms with Crippen molar-refractivity contribution in [3.05, 3.63) is 33.4 Å². The average Bonchev–Trinajstić information content (AvgIpc) is 2.39. The van der Waals surface area contributed by atoms with Crippen molar-refractivity contribution in [1.82, 2.24) is 5.32 Å². The van der Waals surface area contributed by atoms with Crippen LogP contribution in [-0.2, 0) is 9.84 Å². The van der Waals surface area contributed by atoms with Crippen molar-refractivity contribution in [2.24, 2.45) is 0 Å². The number of halogens is 1. The van der Waals surface area contributed by atoms with Crippen LogP contribution in [0.3, 0.4) is 0 Å². The van der Waals surface area contributed by atoms with Crippen molar-refractivity contribution in [1.29, 1.82) is 0 Å². The second-order valence-electron chi connectivity index (χ2n) is 4.54. The molecule has 5 heteroatoms. The molecule has 0 amide bonds. The fraction of sp³-hybridized carbons (Fsp3) is 0.571. The lowest BCUT2D eigenvalue weighted by Gasteiger charge is -2.18. The molecule has 19 heavy (non-hydrogen) atoms. The quantitative estimate of drug-likeness (QED) is 0.688. The molecule has 108 valence electrons. The van der Waals surface area contributed by atoms with Crippen molar-refractivity contribution in [3.8, 4) is 0 Å². The molecule has 0 saturated heterocycles. The summed E-state index contributed by atoms with van der Waals surface area (Å²) in [7, 11) is -2.85. The van der Waals surface area contributed by atoms with Gasteiger partial charge in [-0.3, -0.25) is 0 Å². The van der Waals surface area contributed by atoms with Gasteiger partial charge in [-0.1, -0.05) is 26.0 Å². The minimum Gasteiger partial charge on any atom is -0.310 e. The molecule has 0 spiro atoms. The third kappa shape index (κ3) is 6.23. The molecule has 0 aliphatic carbocycles. The molecule has 0 bridgehead atoms. The maximum atomic E-state index is 11.5. The van der Waals surface area contributed by atoms with Crippen molar-refractivity contribution in [2.75, 3.05) is 18.1 Å². The third-order valence-electron chi connectivity index (χ3n) is 3.11. The van der Waals surface area contributed by atoms with Gasteiger partial charge in [-0.05, 0) is 59.7 Å². The highest BCUT2D eigenvalue weighted by atomic mass is 127. The van der Waals surface area contributed by atoms with Gasteiger partial charge in [0.2, 0.25) is 0 Å². The number of nitrogens with one attached hydrogen (secondary N) is 1. The lowest BCUT2D eigenvalue weighted by Crippen LogP contribution is -2.22. The molecule has 1 rings (SSSR count). The molecular formula is C14H22INO2S. The molecule has 1 aromatic carbocycles. The van der Waals surface area contributed by atoms with Gasteiger partial charge in [0, 0.05) is 15.4 Å². The van der Waals surface area contributed by atoms with Gasteiger partial charge < -0.3 is 5.32 Å². The third-order valence-corrected chi connectivity index (χ3v) is 5.62. The van der Waals surface area contributed by atoms with Crippen LogP contribution in [0.4, 0.5) is 0 Å². The van der Waals surface area contributed by atoms with Crippen LogP contribution in [0.2, 0.25) is 0 Å². The minimum absolute atomic E-state index is 0.238. The molecule has 1 atom stereocenters. The van der Waals surface area contributed by atoms with Crippen molar-refractivity contribution >= 4 is 32.4 Å². The van der Waals surface area contributed by atoms with Gasteiger partial charge in [-0.2, -0.15) is 0 Å². The summed E-state index contributed by atoms with van der Waals surface area (Å²) in [6.07, 6.45) is 1.56. The minimum atomic E-state index is -2.85. The van der Waals surface area contributed by atoms with E-state index >= 15 is 0 Å². The van der Waals surface area contributed by atoms with Gasteiger partial charge in [0.15, 0.2) is 0 Å². The number of benzene rings is 1. The van der Waals surface area contributed by atoms with Gasteiger partial charge in [-0.25, -0.2) is 8.42 Å². The van der Waals surface area contributed by atoms with E-state index in [0.29, 0.717) is 6.42 Å². The summed E-state index contributed by atoms with van der Waals surface area (Å²) in [5.74, 6) is 0.526. The molecule has 1 unspecified atom stereocenters. The molecule has 1 N–H and O–H groups in total. The molecule has 0 radical (unpaired) electrons. The highest BCUT2D eigenvalue weighted by Crippen LogP contribution is 2.20. The van der Waals surface area contributed by atoms with Gasteiger partial charge in [0.05, 0.1) is 5.75 Å². The Bertz CT molecular complexity index is 471. The zero-order chi connectivity index (χ0) is 14.3. The van der Waals surface area contributed by atoms with Crippen molar-refractivity contribution in [2.45, 2.75) is 32.7 Å². The molecule has 0 aromatic heterocycles. The van der Waals surface area contributed by atoms with E-state index in [0.717, 1.165) is 13.0 Å². The predicted molar refractivity (Wildman–Crippen MR) is 89.1 cm³/mol. The van der Waals surface area contributed by atoms with E-state index in [-0.39, 0.29) is 17.5 Å². The maximum Gasteiger partial charge on any atom is 0.150 e. The summed E-state index contributed by atoms with van der Waals surface area (Å²) in [4.78, 5) is 0. The van der Waals surface area contributed by atoms with E-state index in [9.17, 15) is 8.42 Å². The van der Waals surface area contributed by atoms with Crippen LogP contribution in [0.5, 0.6) is 0 Å². The first kappa shape index (κ1) is 16.9. The number of sulfone groups is 1. The zero-order valence-corrected chi connectivity index (χ0v) is 14.5. The zero-order valence-electron chi connectivity index (χ0n) is 11.5. The normalized spacial score (nSPS) is 13.4. The fourth-order valence-corrected chi connectivity index (χ4v) is 3.23. The Morgan fingerprint density at radius 2 is 1.84 bits per heavy atom. The summed E-state index contributed by atoms with van der Waals surface area (Å²) in [5.41, 5.74) is 1.23. The predicted octanol–water partition coefficient (Wildman–Crippen LogP) is 3.16. The summed E-state index contributed by atoms with van der Waals surface area (Å²) >= 11 is 2.29. The first-order valence-electron chi connectivity index (χ1n) is 6.67. The molecule has 0 aliphatic heterocycles. The maximum absolute atomic E-state index is 11.5. The second-order valence-corrected chi connectivity index (χ2v) is 8.26. The van der Waals surface area contributed by atoms with E-state index in [4.69, 9.17) is 0 Å². The van der Waals surface area contributed by atoms with Gasteiger partial charge in [0.1, 0.15) is 9.84 Å². The Kier molecular flexibility index (Phi) is 7.31. The second kappa shape index (κ2) is 8.21. The van der Waals surface area contributed by atoms with Crippen molar-refractivity contribution in [3.63, 3.8) is 0 Å². The van der Waals surface area contributed by atoms with Gasteiger partial charge in [0.25, 0.3) is 0 Å². The van der Waals surface area contributed by atoms with Crippen molar-refractivity contribution < 1.29 is 8.42 Å². The molecule has 0 saturated carbocycles. The number of rotatable bonds is 8. The van der Waals surface area contributed by atoms with Gasteiger partial charge >= 0.3 is 0 Å². The van der Waals surface area contributed by atoms with E-state index < -0.39 is 9.84 Å². The van der Waals surface area contributed by atoms with Crippen LogP contribution in [-0.4, -0.2) is 26.5 Å². The summed E-state index contributed by atoms with van der Waals surface area (Å²) < 4.78 is 24.2. The Labute approximate surface area is 130 Å². The van der Waals surface area contributed by atoms with Crippen LogP contribution in [0.1, 0.15) is 38.3 Å². The lowest BCUT2D eigenvalue weighted by molar-refractivity contribution is 0.506. The van der Waals surface area contributed by atoms with E-state index in [2.05, 4.69) is 59.1 Å². The summed E-state index contributed by atoms with van der Waals surface area (Å²) in [6, 6.07) is 8.65. The Morgan fingerprint density at radius 3 is 2.37 bits per heavy atom. The van der Waals surface area contributed by atoms with Crippen LogP contribution in [0.15, 0.2) is 24.3 Å². The first-order valence-corrected chi connectivity index (χ1v) is 9.57. The SMILES string of the molecule is CCNC(CCCS(=O)(=O)CC)c1ccc(I)cc1. The lowest BCUT2D eigenvalue weighted by atomic mass is 10.0. The van der Waals surface area contributed by atoms with Crippen LogP contribution < -0.4 is 5.32 Å². The summed E-state index contributed by atoms with van der Waals surface area (Å²) in [5, 5.41) is 3.43. The molecule has 1 aromatic rings. The molecule has 0 fully saturated rings. The van der Waals surface area contributed by atoms with E-state index in [1.807, 2.05) is 0 Å². The molecule has 0 aliphatic rings. The van der Waals surface area contributed by atoms with E-state index in [1.54, 1.807) is 6.92 Å². The number of hydrogen-bond acceptors (Lipinski definition) is 3. The topological polar surface area (TPSA) is 46.2 Å². The smallest absolute Gasteiger partial charge is 0.150 e. The van der Waals surface area contributed by atoms with E-state index in [1.165, 1.54) is 9.13 Å². The largest absolute Gasteiger partial charge is 0.310 e. The highest BCUT2D eigenvalue weighted by Gasteiger charge is 2.13. The van der Waals surface area contributed by atoms with Crippen LogP contribution >= 0.6 is 22.6 Å². The standard InChI is InChI=1S/C14H22INO2S/c1-3-16-14(6-5-11-19(17,18)4-2)12-7-9-13(15)10-8-12/h7-10,14,16H,3-6,11H2,1-2H3. The molecular weight excluding hydrogens is 373 g/mol. The highest BCUT2D eigenvalue weighted by molar-refractivity contribution is 14.1. The fourth-order valence-electron chi connectivity index (χ4n) is 1.98. The van der Waals surface area contributed by atoms with Gasteiger partial charge in [-0.15, -0.1) is 0 Å². The summed E-state index contributed by atoms with van der Waals surface area (Å²) in [6.45, 7) is 4.66. The van der Waals surface area contributed by atoms with Crippen LogP contribution in [0.25, 0.3) is 0 Å². The Hall–Kier alpha value is -0.140. The monoisotopic (exact) mass is 395 g/mol. The first-order chi connectivity index (χ1) is 8.98. The molecule has 3 nitrogen and oxygen atoms in total. The average molecular weight is 395 g/mol. The number of hydrogen-bond donors (Lipinski definition) is 1.